The first kappa shape index (κ1) is 19.2. The average molecular weight is 397 g/mol. The Morgan fingerprint density at radius 3 is 2.64 bits per heavy atom. The monoisotopic (exact) mass is 396 g/mol. The quantitative estimate of drug-likeness (QED) is 0.691. The second kappa shape index (κ2) is 8.91. The highest BCUT2D eigenvalue weighted by molar-refractivity contribution is 8.00. The summed E-state index contributed by atoms with van der Waals surface area (Å²) in [6.07, 6.45) is 3.65. The molecular weight excluding hydrogens is 368 g/mol. The molecule has 2 aliphatic rings. The Labute approximate surface area is 171 Å². The van der Waals surface area contributed by atoms with Crippen molar-refractivity contribution in [3.63, 3.8) is 0 Å². The van der Waals surface area contributed by atoms with Gasteiger partial charge in [0.1, 0.15) is 5.75 Å². The maximum atomic E-state index is 12.7. The summed E-state index contributed by atoms with van der Waals surface area (Å²) in [5.41, 5.74) is 4.09. The zero-order valence-corrected chi connectivity index (χ0v) is 17.3. The van der Waals surface area contributed by atoms with Crippen LogP contribution in [0.5, 0.6) is 5.75 Å². The minimum Gasteiger partial charge on any atom is -0.492 e. The summed E-state index contributed by atoms with van der Waals surface area (Å²) >= 11 is 1.67. The Kier molecular flexibility index (Phi) is 6.10. The van der Waals surface area contributed by atoms with Crippen LogP contribution in [0.2, 0.25) is 0 Å². The van der Waals surface area contributed by atoms with Crippen molar-refractivity contribution in [3.05, 3.63) is 53.6 Å². The van der Waals surface area contributed by atoms with Gasteiger partial charge in [0, 0.05) is 31.1 Å². The molecule has 0 atom stereocenters. The second-order valence-corrected chi connectivity index (χ2v) is 8.39. The van der Waals surface area contributed by atoms with Gasteiger partial charge in [-0.1, -0.05) is 18.2 Å². The van der Waals surface area contributed by atoms with Crippen molar-refractivity contribution in [2.75, 3.05) is 43.4 Å². The Balaban J connectivity index is 1.29. The molecule has 1 aliphatic heterocycles. The minimum absolute atomic E-state index is 0.239. The molecule has 0 aromatic heterocycles. The number of piperazine rings is 1. The molecule has 4 rings (SSSR count). The summed E-state index contributed by atoms with van der Waals surface area (Å²) in [7, 11) is 0. The third-order valence-corrected chi connectivity index (χ3v) is 6.55. The van der Waals surface area contributed by atoms with Gasteiger partial charge < -0.3 is 14.5 Å². The van der Waals surface area contributed by atoms with Crippen molar-refractivity contribution < 1.29 is 9.53 Å². The number of hydrogen-bond acceptors (Lipinski definition) is 4. The van der Waals surface area contributed by atoms with Gasteiger partial charge in [-0.25, -0.2) is 0 Å². The topological polar surface area (TPSA) is 32.8 Å². The Morgan fingerprint density at radius 2 is 1.82 bits per heavy atom. The zero-order chi connectivity index (χ0) is 19.3. The molecule has 1 saturated heterocycles. The van der Waals surface area contributed by atoms with E-state index < -0.39 is 0 Å². The van der Waals surface area contributed by atoms with Crippen LogP contribution in [0.3, 0.4) is 0 Å². The number of thioether (sulfide) groups is 1. The van der Waals surface area contributed by atoms with Gasteiger partial charge in [0.05, 0.1) is 18.0 Å². The highest BCUT2D eigenvalue weighted by atomic mass is 32.2. The van der Waals surface area contributed by atoms with Crippen molar-refractivity contribution in [2.45, 2.75) is 31.1 Å². The predicted molar refractivity (Wildman–Crippen MR) is 116 cm³/mol. The first-order valence-corrected chi connectivity index (χ1v) is 11.2. The molecule has 5 heteroatoms. The van der Waals surface area contributed by atoms with Gasteiger partial charge in [0.2, 0.25) is 5.91 Å². The number of benzene rings is 2. The van der Waals surface area contributed by atoms with Crippen molar-refractivity contribution in [3.8, 4) is 5.75 Å². The number of amides is 1. The number of para-hydroxylation sites is 2. The van der Waals surface area contributed by atoms with Crippen LogP contribution in [0.4, 0.5) is 5.69 Å². The summed E-state index contributed by atoms with van der Waals surface area (Å²) in [5, 5.41) is 0. The van der Waals surface area contributed by atoms with Crippen LogP contribution in [0.15, 0.2) is 47.4 Å². The summed E-state index contributed by atoms with van der Waals surface area (Å²) in [4.78, 5) is 18.2. The lowest BCUT2D eigenvalue weighted by Crippen LogP contribution is -2.49. The van der Waals surface area contributed by atoms with Crippen LogP contribution >= 0.6 is 11.8 Å². The van der Waals surface area contributed by atoms with Gasteiger partial charge in [-0.15, -0.1) is 11.8 Å². The van der Waals surface area contributed by atoms with Crippen LogP contribution in [-0.2, 0) is 17.6 Å². The van der Waals surface area contributed by atoms with Crippen molar-refractivity contribution in [1.82, 2.24) is 4.90 Å². The number of rotatable bonds is 6. The number of nitrogens with zero attached hydrogens (tertiary/aromatic N) is 2. The molecule has 1 amide bonds. The standard InChI is InChI=1S/C23H28N2O2S/c1-2-27-22-9-4-3-8-21(22)24-12-14-25(15-13-24)23(26)17-28-20-11-10-18-6-5-7-19(18)16-20/h3-4,8-11,16H,2,5-7,12-15,17H2,1H3. The van der Waals surface area contributed by atoms with E-state index in [9.17, 15) is 4.79 Å². The molecule has 28 heavy (non-hydrogen) atoms. The van der Waals surface area contributed by atoms with Crippen LogP contribution in [0.1, 0.15) is 24.5 Å². The van der Waals surface area contributed by atoms with E-state index in [1.165, 1.54) is 35.3 Å². The molecule has 148 valence electrons. The van der Waals surface area contributed by atoms with Crippen molar-refractivity contribution in [1.29, 1.82) is 0 Å². The van der Waals surface area contributed by atoms with Crippen LogP contribution in [0, 0.1) is 0 Å². The van der Waals surface area contributed by atoms with Gasteiger partial charge in [0.15, 0.2) is 0 Å². The first-order valence-electron chi connectivity index (χ1n) is 10.2. The average Bonchev–Trinajstić information content (AvgIpc) is 3.21. The van der Waals surface area contributed by atoms with Gasteiger partial charge >= 0.3 is 0 Å². The van der Waals surface area contributed by atoms with Gasteiger partial charge in [0.25, 0.3) is 0 Å². The second-order valence-electron chi connectivity index (χ2n) is 7.34. The Hall–Kier alpha value is -2.14. The molecular formula is C23H28N2O2S. The fourth-order valence-corrected chi connectivity index (χ4v) is 4.93. The van der Waals surface area contributed by atoms with Gasteiger partial charge in [-0.2, -0.15) is 0 Å². The molecule has 2 aromatic carbocycles. The highest BCUT2D eigenvalue weighted by Gasteiger charge is 2.23. The van der Waals surface area contributed by atoms with E-state index in [2.05, 4.69) is 29.2 Å². The third kappa shape index (κ3) is 4.30. The van der Waals surface area contributed by atoms with E-state index >= 15 is 0 Å². The predicted octanol–water partition coefficient (Wildman–Crippen LogP) is 4.01. The molecule has 4 nitrogen and oxygen atoms in total. The van der Waals surface area contributed by atoms with Crippen molar-refractivity contribution >= 4 is 23.4 Å². The number of aryl methyl sites for hydroxylation is 2. The van der Waals surface area contributed by atoms with E-state index in [1.807, 2.05) is 30.0 Å². The minimum atomic E-state index is 0.239. The van der Waals surface area contributed by atoms with Crippen LogP contribution in [0.25, 0.3) is 0 Å². The maximum Gasteiger partial charge on any atom is 0.233 e. The van der Waals surface area contributed by atoms with E-state index in [-0.39, 0.29) is 5.91 Å². The number of carbonyl (C=O) groups excluding carboxylic acids is 1. The van der Waals surface area contributed by atoms with Gasteiger partial charge in [-0.05, 0) is 61.6 Å². The molecule has 0 bridgehead atoms. The lowest BCUT2D eigenvalue weighted by molar-refractivity contribution is -0.128. The number of anilines is 1. The summed E-state index contributed by atoms with van der Waals surface area (Å²) in [6.45, 7) is 5.90. The highest BCUT2D eigenvalue weighted by Crippen LogP contribution is 2.30. The van der Waals surface area contributed by atoms with E-state index in [0.29, 0.717) is 12.4 Å². The number of carbonyl (C=O) groups is 1. The van der Waals surface area contributed by atoms with Crippen LogP contribution < -0.4 is 9.64 Å². The fraction of sp³-hybridized carbons (Fsp3) is 0.435. The maximum absolute atomic E-state index is 12.7. The summed E-state index contributed by atoms with van der Waals surface area (Å²) < 4.78 is 5.76. The summed E-state index contributed by atoms with van der Waals surface area (Å²) in [5.74, 6) is 1.69. The number of fused-ring (bicyclic) bond motifs is 1. The molecule has 1 heterocycles. The molecule has 1 fully saturated rings. The lowest BCUT2D eigenvalue weighted by atomic mass is 10.1. The van der Waals surface area contributed by atoms with E-state index in [1.54, 1.807) is 11.8 Å². The molecule has 2 aromatic rings. The lowest BCUT2D eigenvalue weighted by Gasteiger charge is -2.36. The summed E-state index contributed by atoms with van der Waals surface area (Å²) in [6, 6.07) is 14.9. The molecule has 0 radical (unpaired) electrons. The molecule has 1 aliphatic carbocycles. The number of ether oxygens (including phenoxy) is 1. The molecule has 0 spiro atoms. The first-order chi connectivity index (χ1) is 13.7. The number of hydrogen-bond donors (Lipinski definition) is 0. The smallest absolute Gasteiger partial charge is 0.233 e. The van der Waals surface area contributed by atoms with Crippen molar-refractivity contribution in [2.24, 2.45) is 0 Å². The molecule has 0 saturated carbocycles. The molecule has 0 unspecified atom stereocenters. The normalized spacial score (nSPS) is 16.2. The SMILES string of the molecule is CCOc1ccccc1N1CCN(C(=O)CSc2ccc3c(c2)CCC3)CC1. The fourth-order valence-electron chi connectivity index (χ4n) is 4.07. The van der Waals surface area contributed by atoms with E-state index in [0.717, 1.165) is 37.6 Å². The van der Waals surface area contributed by atoms with E-state index in [4.69, 9.17) is 4.74 Å². The molecule has 0 N–H and O–H groups in total. The van der Waals surface area contributed by atoms with Gasteiger partial charge in [-0.3, -0.25) is 4.79 Å². The third-order valence-electron chi connectivity index (χ3n) is 5.57. The Morgan fingerprint density at radius 1 is 1.04 bits per heavy atom. The Bertz CT molecular complexity index is 831. The largest absolute Gasteiger partial charge is 0.492 e. The zero-order valence-electron chi connectivity index (χ0n) is 16.5. The van der Waals surface area contributed by atoms with Crippen LogP contribution in [-0.4, -0.2) is 49.3 Å².